The molecule has 1 aliphatic rings. The quantitative estimate of drug-likeness (QED) is 0.687. The Labute approximate surface area is 188 Å². The molecule has 2 amide bonds. The van der Waals surface area contributed by atoms with E-state index < -0.39 is 39.7 Å². The number of anilines is 1. The molecule has 0 bridgehead atoms. The number of amides is 2. The first kappa shape index (κ1) is 23.9. The maximum Gasteiger partial charge on any atom is 0.247 e. The predicted octanol–water partition coefficient (Wildman–Crippen LogP) is 2.78. The average Bonchev–Trinajstić information content (AvgIpc) is 2.75. The van der Waals surface area contributed by atoms with Gasteiger partial charge in [-0.05, 0) is 55.7 Å². The number of nitrogens with one attached hydrogen (secondary N) is 1. The number of hydrogen-bond acceptors (Lipinski definition) is 4. The molecule has 0 saturated carbocycles. The average molecular weight is 462 g/mol. The van der Waals surface area contributed by atoms with Crippen molar-refractivity contribution in [1.29, 1.82) is 0 Å². The molecule has 1 aliphatic heterocycles. The molecule has 1 saturated heterocycles. The minimum atomic E-state index is -4.00. The van der Waals surface area contributed by atoms with Gasteiger partial charge in [0.2, 0.25) is 21.8 Å². The molecule has 1 fully saturated rings. The molecule has 2 aromatic rings. The fourth-order valence-corrected chi connectivity index (χ4v) is 5.24. The number of piperazine rings is 1. The SMILES string of the molecule is CC(C)CCNC(=O)[C@@]1(C)CN(S(=O)(=O)c2ccccc2)CC(=O)N1c1ccc(F)cc1. The van der Waals surface area contributed by atoms with E-state index >= 15 is 0 Å². The van der Waals surface area contributed by atoms with Gasteiger partial charge in [-0.1, -0.05) is 32.0 Å². The van der Waals surface area contributed by atoms with E-state index in [-0.39, 0.29) is 11.4 Å². The molecule has 9 heteroatoms. The minimum Gasteiger partial charge on any atom is -0.354 e. The number of carbonyl (C=O) groups excluding carboxylic acids is 2. The lowest BCUT2D eigenvalue weighted by molar-refractivity contribution is -0.132. The van der Waals surface area contributed by atoms with Crippen molar-refractivity contribution < 1.29 is 22.4 Å². The van der Waals surface area contributed by atoms with E-state index in [1.165, 1.54) is 48.2 Å². The number of carbonyl (C=O) groups is 2. The number of sulfonamides is 1. The predicted molar refractivity (Wildman–Crippen MR) is 120 cm³/mol. The van der Waals surface area contributed by atoms with Crippen LogP contribution in [0.3, 0.4) is 0 Å². The van der Waals surface area contributed by atoms with E-state index in [1.54, 1.807) is 18.2 Å². The number of rotatable bonds is 7. The van der Waals surface area contributed by atoms with E-state index in [0.29, 0.717) is 18.2 Å². The second-order valence-electron chi connectivity index (χ2n) is 8.50. The van der Waals surface area contributed by atoms with Crippen LogP contribution in [0.1, 0.15) is 27.2 Å². The van der Waals surface area contributed by atoms with Gasteiger partial charge in [0, 0.05) is 18.8 Å². The van der Waals surface area contributed by atoms with Crippen LogP contribution in [0.4, 0.5) is 10.1 Å². The normalized spacial score (nSPS) is 19.9. The molecule has 0 radical (unpaired) electrons. The highest BCUT2D eigenvalue weighted by atomic mass is 32.2. The third-order valence-corrected chi connectivity index (χ3v) is 7.31. The standard InChI is InChI=1S/C23H28FN3O4S/c1-17(2)13-14-25-22(29)23(3)16-26(32(30,31)20-7-5-4-6-8-20)15-21(28)27(23)19-11-9-18(24)10-12-19/h4-12,17H,13-16H2,1-3H3,(H,25,29)/t23-/m1/s1. The highest BCUT2D eigenvalue weighted by Gasteiger charge is 2.51. The van der Waals surface area contributed by atoms with Crippen molar-refractivity contribution in [3.8, 4) is 0 Å². The summed E-state index contributed by atoms with van der Waals surface area (Å²) in [5, 5.41) is 2.84. The maximum atomic E-state index is 13.5. The second-order valence-corrected chi connectivity index (χ2v) is 10.4. The lowest BCUT2D eigenvalue weighted by Crippen LogP contribution is -2.70. The largest absolute Gasteiger partial charge is 0.354 e. The molecular weight excluding hydrogens is 433 g/mol. The number of halogens is 1. The van der Waals surface area contributed by atoms with Gasteiger partial charge in [0.1, 0.15) is 11.4 Å². The van der Waals surface area contributed by atoms with Crippen LogP contribution in [0.2, 0.25) is 0 Å². The van der Waals surface area contributed by atoms with Crippen LogP contribution in [0.5, 0.6) is 0 Å². The molecule has 0 aromatic heterocycles. The number of benzene rings is 2. The Morgan fingerprint density at radius 2 is 1.75 bits per heavy atom. The lowest BCUT2D eigenvalue weighted by Gasteiger charge is -2.46. The van der Waals surface area contributed by atoms with Gasteiger partial charge in [-0.15, -0.1) is 0 Å². The lowest BCUT2D eigenvalue weighted by atomic mass is 9.94. The van der Waals surface area contributed by atoms with Gasteiger partial charge in [0.25, 0.3) is 0 Å². The van der Waals surface area contributed by atoms with Crippen LogP contribution >= 0.6 is 0 Å². The zero-order valence-electron chi connectivity index (χ0n) is 18.4. The minimum absolute atomic E-state index is 0.0469. The molecule has 0 spiro atoms. The summed E-state index contributed by atoms with van der Waals surface area (Å²) in [6.07, 6.45) is 0.734. The van der Waals surface area contributed by atoms with Crippen molar-refractivity contribution in [2.24, 2.45) is 5.92 Å². The van der Waals surface area contributed by atoms with E-state index in [4.69, 9.17) is 0 Å². The molecule has 172 valence electrons. The van der Waals surface area contributed by atoms with Gasteiger partial charge in [0.15, 0.2) is 0 Å². The molecule has 1 atom stereocenters. The van der Waals surface area contributed by atoms with Crippen LogP contribution in [-0.4, -0.2) is 49.7 Å². The summed E-state index contributed by atoms with van der Waals surface area (Å²) >= 11 is 0. The van der Waals surface area contributed by atoms with Crippen LogP contribution in [0, 0.1) is 11.7 Å². The summed E-state index contributed by atoms with van der Waals surface area (Å²) in [5.74, 6) is -1.15. The van der Waals surface area contributed by atoms with Gasteiger partial charge in [0.05, 0.1) is 11.4 Å². The van der Waals surface area contributed by atoms with Crippen molar-refractivity contribution in [3.63, 3.8) is 0 Å². The van der Waals surface area contributed by atoms with Gasteiger partial charge in [-0.25, -0.2) is 12.8 Å². The van der Waals surface area contributed by atoms with Gasteiger partial charge < -0.3 is 5.32 Å². The van der Waals surface area contributed by atoms with Crippen molar-refractivity contribution in [2.45, 2.75) is 37.6 Å². The number of hydrogen-bond donors (Lipinski definition) is 1. The van der Waals surface area contributed by atoms with Crippen molar-refractivity contribution in [3.05, 3.63) is 60.4 Å². The topological polar surface area (TPSA) is 86.8 Å². The first-order valence-corrected chi connectivity index (χ1v) is 11.9. The van der Waals surface area contributed by atoms with Gasteiger partial charge in [-0.2, -0.15) is 4.31 Å². The Kier molecular flexibility index (Phi) is 7.00. The molecule has 0 aliphatic carbocycles. The Hall–Kier alpha value is -2.78. The van der Waals surface area contributed by atoms with Gasteiger partial charge >= 0.3 is 0 Å². The zero-order chi connectivity index (χ0) is 23.5. The summed E-state index contributed by atoms with van der Waals surface area (Å²) in [4.78, 5) is 27.8. The van der Waals surface area contributed by atoms with Crippen molar-refractivity contribution >= 4 is 27.5 Å². The molecule has 32 heavy (non-hydrogen) atoms. The van der Waals surface area contributed by atoms with Crippen LogP contribution in [-0.2, 0) is 19.6 Å². The van der Waals surface area contributed by atoms with E-state index in [2.05, 4.69) is 5.32 Å². The zero-order valence-corrected chi connectivity index (χ0v) is 19.2. The highest BCUT2D eigenvalue weighted by Crippen LogP contribution is 2.32. The summed E-state index contributed by atoms with van der Waals surface area (Å²) in [6.45, 7) is 5.31. The Bertz CT molecular complexity index is 1070. The van der Waals surface area contributed by atoms with E-state index in [0.717, 1.165) is 10.7 Å². The first-order valence-electron chi connectivity index (χ1n) is 10.5. The van der Waals surface area contributed by atoms with Crippen LogP contribution < -0.4 is 10.2 Å². The summed E-state index contributed by atoms with van der Waals surface area (Å²) < 4.78 is 40.9. The summed E-state index contributed by atoms with van der Waals surface area (Å²) in [6, 6.07) is 13.0. The smallest absolute Gasteiger partial charge is 0.247 e. The van der Waals surface area contributed by atoms with Gasteiger partial charge in [-0.3, -0.25) is 14.5 Å². The molecule has 1 heterocycles. The monoisotopic (exact) mass is 461 g/mol. The summed E-state index contributed by atoms with van der Waals surface area (Å²) in [5.41, 5.74) is -1.19. The molecular formula is C23H28FN3O4S. The van der Waals surface area contributed by atoms with Crippen molar-refractivity contribution in [2.75, 3.05) is 24.5 Å². The summed E-state index contributed by atoms with van der Waals surface area (Å²) in [7, 11) is -4.00. The highest BCUT2D eigenvalue weighted by molar-refractivity contribution is 7.89. The van der Waals surface area contributed by atoms with E-state index in [1.807, 2.05) is 13.8 Å². The Morgan fingerprint density at radius 1 is 1.12 bits per heavy atom. The molecule has 0 unspecified atom stereocenters. The molecule has 3 rings (SSSR count). The third kappa shape index (κ3) is 4.83. The molecule has 7 nitrogen and oxygen atoms in total. The Morgan fingerprint density at radius 3 is 2.34 bits per heavy atom. The molecule has 2 aromatic carbocycles. The van der Waals surface area contributed by atoms with Crippen LogP contribution in [0.25, 0.3) is 0 Å². The fourth-order valence-electron chi connectivity index (χ4n) is 3.74. The Balaban J connectivity index is 1.99. The van der Waals surface area contributed by atoms with Crippen LogP contribution in [0.15, 0.2) is 59.5 Å². The third-order valence-electron chi connectivity index (χ3n) is 5.50. The van der Waals surface area contributed by atoms with E-state index in [9.17, 15) is 22.4 Å². The first-order chi connectivity index (χ1) is 15.1. The van der Waals surface area contributed by atoms with Crippen molar-refractivity contribution in [1.82, 2.24) is 9.62 Å². The second kappa shape index (κ2) is 9.38. The number of nitrogens with zero attached hydrogens (tertiary/aromatic N) is 2. The maximum absolute atomic E-state index is 13.5. The molecule has 1 N–H and O–H groups in total. The fraction of sp³-hybridized carbons (Fsp3) is 0.391.